The summed E-state index contributed by atoms with van der Waals surface area (Å²) in [7, 11) is 1.53. The zero-order valence-corrected chi connectivity index (χ0v) is 16.8. The molecule has 0 radical (unpaired) electrons. The Balaban J connectivity index is 1.86. The number of piperazine rings is 1. The average Bonchev–Trinajstić information content (AvgIpc) is 2.86. The minimum Gasteiger partial charge on any atom is -0.339 e. The lowest BCUT2D eigenvalue weighted by molar-refractivity contribution is 0.0685. The van der Waals surface area contributed by atoms with Gasteiger partial charge < -0.3 is 9.47 Å². The molecule has 0 bridgehead atoms. The summed E-state index contributed by atoms with van der Waals surface area (Å²) in [4.78, 5) is 14.9. The zero-order chi connectivity index (χ0) is 19.2. The van der Waals surface area contributed by atoms with Crippen molar-refractivity contribution in [2.45, 2.75) is 13.8 Å². The lowest BCUT2D eigenvalue weighted by Gasteiger charge is -2.35. The Labute approximate surface area is 155 Å². The van der Waals surface area contributed by atoms with Crippen molar-refractivity contribution in [1.82, 2.24) is 18.1 Å². The second kappa shape index (κ2) is 6.68. The first kappa shape index (κ1) is 18.9. The minimum atomic E-state index is -3.43. The summed E-state index contributed by atoms with van der Waals surface area (Å²) in [6.07, 6.45) is 0. The largest absolute Gasteiger partial charge is 0.339 e. The predicted octanol–water partition coefficient (Wildman–Crippen LogP) is 1.36. The number of hydrogen-bond donors (Lipinski definition) is 0. The third-order valence-electron chi connectivity index (χ3n) is 5.18. The van der Waals surface area contributed by atoms with Gasteiger partial charge in [0.15, 0.2) is 0 Å². The van der Waals surface area contributed by atoms with Gasteiger partial charge in [0.25, 0.3) is 16.1 Å². The van der Waals surface area contributed by atoms with Gasteiger partial charge in [0, 0.05) is 52.7 Å². The van der Waals surface area contributed by atoms with Gasteiger partial charge >= 0.3 is 0 Å². The Kier molecular flexibility index (Phi) is 4.85. The van der Waals surface area contributed by atoms with E-state index in [2.05, 4.69) is 0 Å². The van der Waals surface area contributed by atoms with E-state index in [0.717, 1.165) is 22.0 Å². The second-order valence-corrected chi connectivity index (χ2v) is 9.13. The number of benzene rings is 1. The van der Waals surface area contributed by atoms with E-state index in [1.807, 2.05) is 43.7 Å². The highest BCUT2D eigenvalue weighted by molar-refractivity contribution is 7.86. The zero-order valence-electron chi connectivity index (χ0n) is 16.0. The van der Waals surface area contributed by atoms with Crippen LogP contribution in [0.15, 0.2) is 18.2 Å². The van der Waals surface area contributed by atoms with Crippen molar-refractivity contribution in [3.8, 4) is 0 Å². The molecule has 1 aromatic carbocycles. The summed E-state index contributed by atoms with van der Waals surface area (Å²) in [6, 6.07) is 6.08. The van der Waals surface area contributed by atoms with Crippen LogP contribution < -0.4 is 0 Å². The topological polar surface area (TPSA) is 65.9 Å². The molecule has 1 amide bonds. The maximum atomic E-state index is 13.1. The molecular weight excluding hydrogens is 352 g/mol. The van der Waals surface area contributed by atoms with Gasteiger partial charge in [-0.1, -0.05) is 18.2 Å². The number of rotatable bonds is 3. The van der Waals surface area contributed by atoms with Crippen molar-refractivity contribution in [2.24, 2.45) is 7.05 Å². The van der Waals surface area contributed by atoms with Gasteiger partial charge in [0.1, 0.15) is 5.69 Å². The minimum absolute atomic E-state index is 0.0394. The standard InChI is InChI=1S/C18H26N4O3S/c1-13-7-6-8-15-14(2)17(20(5)16(13)15)18(23)21-9-11-22(12-10-21)26(24,25)19(3)4/h6-8H,9-12H2,1-5H3. The van der Waals surface area contributed by atoms with Crippen molar-refractivity contribution < 1.29 is 13.2 Å². The smallest absolute Gasteiger partial charge is 0.281 e. The van der Waals surface area contributed by atoms with Crippen LogP contribution in [0, 0.1) is 13.8 Å². The number of hydrogen-bond acceptors (Lipinski definition) is 3. The van der Waals surface area contributed by atoms with Crippen LogP contribution in [0.25, 0.3) is 10.9 Å². The highest BCUT2D eigenvalue weighted by Gasteiger charge is 2.32. The van der Waals surface area contributed by atoms with E-state index in [1.54, 1.807) is 4.90 Å². The fraction of sp³-hybridized carbons (Fsp3) is 0.500. The van der Waals surface area contributed by atoms with Crippen LogP contribution in [-0.2, 0) is 17.3 Å². The summed E-state index contributed by atoms with van der Waals surface area (Å²) in [5.41, 5.74) is 3.86. The summed E-state index contributed by atoms with van der Waals surface area (Å²) in [6.45, 7) is 5.43. The Hall–Kier alpha value is -1.90. The van der Waals surface area contributed by atoms with Gasteiger partial charge in [0.05, 0.1) is 5.52 Å². The van der Waals surface area contributed by atoms with Crippen LogP contribution in [0.4, 0.5) is 0 Å². The molecule has 2 aromatic rings. The molecule has 8 heteroatoms. The first-order chi connectivity index (χ1) is 12.2. The quantitative estimate of drug-likeness (QED) is 0.810. The molecule has 142 valence electrons. The molecule has 0 spiro atoms. The lowest BCUT2D eigenvalue weighted by Crippen LogP contribution is -2.53. The van der Waals surface area contributed by atoms with E-state index in [9.17, 15) is 13.2 Å². The van der Waals surface area contributed by atoms with Gasteiger partial charge in [-0.05, 0) is 25.0 Å². The molecule has 0 saturated carbocycles. The van der Waals surface area contributed by atoms with E-state index < -0.39 is 10.2 Å². The van der Waals surface area contributed by atoms with Crippen molar-refractivity contribution in [1.29, 1.82) is 0 Å². The summed E-state index contributed by atoms with van der Waals surface area (Å²) in [5.74, 6) is -0.0394. The average molecular weight is 378 g/mol. The number of amides is 1. The lowest BCUT2D eigenvalue weighted by atomic mass is 10.1. The Morgan fingerprint density at radius 1 is 1.08 bits per heavy atom. The molecule has 1 aliphatic heterocycles. The van der Waals surface area contributed by atoms with Crippen molar-refractivity contribution in [3.05, 3.63) is 35.0 Å². The van der Waals surface area contributed by atoms with E-state index in [4.69, 9.17) is 0 Å². The Morgan fingerprint density at radius 2 is 1.69 bits per heavy atom. The molecule has 1 aliphatic rings. The van der Waals surface area contributed by atoms with Gasteiger partial charge in [0.2, 0.25) is 0 Å². The van der Waals surface area contributed by atoms with Gasteiger partial charge in [-0.2, -0.15) is 17.0 Å². The highest BCUT2D eigenvalue weighted by atomic mass is 32.2. The monoisotopic (exact) mass is 378 g/mol. The predicted molar refractivity (Wildman–Crippen MR) is 102 cm³/mol. The summed E-state index contributed by atoms with van der Waals surface area (Å²) >= 11 is 0. The van der Waals surface area contributed by atoms with Crippen molar-refractivity contribution >= 4 is 27.0 Å². The number of carbonyl (C=O) groups is 1. The second-order valence-electron chi connectivity index (χ2n) is 6.99. The molecule has 0 atom stereocenters. The molecule has 1 aromatic heterocycles. The third kappa shape index (κ3) is 2.91. The van der Waals surface area contributed by atoms with Crippen LogP contribution >= 0.6 is 0 Å². The highest BCUT2D eigenvalue weighted by Crippen LogP contribution is 2.28. The maximum absolute atomic E-state index is 13.1. The molecule has 26 heavy (non-hydrogen) atoms. The number of nitrogens with zero attached hydrogens (tertiary/aromatic N) is 4. The van der Waals surface area contributed by atoms with Crippen LogP contribution in [-0.4, -0.2) is 72.7 Å². The molecule has 0 aliphatic carbocycles. The number of para-hydroxylation sites is 1. The SMILES string of the molecule is Cc1c(C(=O)N2CCN(S(=O)(=O)N(C)C)CC2)n(C)c2c(C)cccc12. The number of aromatic nitrogens is 1. The van der Waals surface area contributed by atoms with Crippen LogP contribution in [0.2, 0.25) is 0 Å². The third-order valence-corrected chi connectivity index (χ3v) is 7.12. The van der Waals surface area contributed by atoms with Gasteiger partial charge in [-0.15, -0.1) is 0 Å². The summed E-state index contributed by atoms with van der Waals surface area (Å²) in [5, 5.41) is 1.09. The van der Waals surface area contributed by atoms with E-state index in [0.29, 0.717) is 31.9 Å². The molecule has 7 nitrogen and oxygen atoms in total. The van der Waals surface area contributed by atoms with Crippen LogP contribution in [0.1, 0.15) is 21.6 Å². The maximum Gasteiger partial charge on any atom is 0.281 e. The molecule has 0 N–H and O–H groups in total. The first-order valence-electron chi connectivity index (χ1n) is 8.67. The number of aryl methyl sites for hydroxylation is 3. The van der Waals surface area contributed by atoms with E-state index >= 15 is 0 Å². The van der Waals surface area contributed by atoms with Crippen LogP contribution in [0.3, 0.4) is 0 Å². The Bertz CT molecular complexity index is 954. The normalized spacial score (nSPS) is 16.6. The molecule has 2 heterocycles. The fourth-order valence-corrected chi connectivity index (χ4v) is 4.79. The number of carbonyl (C=O) groups excluding carboxylic acids is 1. The first-order valence-corrected chi connectivity index (χ1v) is 10.1. The molecule has 0 unspecified atom stereocenters. The number of fused-ring (bicyclic) bond motifs is 1. The molecule has 1 saturated heterocycles. The molecule has 1 fully saturated rings. The van der Waals surface area contributed by atoms with E-state index in [-0.39, 0.29) is 5.91 Å². The molecular formula is C18H26N4O3S. The van der Waals surface area contributed by atoms with Gasteiger partial charge in [-0.25, -0.2) is 0 Å². The molecule has 3 rings (SSSR count). The van der Waals surface area contributed by atoms with Crippen molar-refractivity contribution in [2.75, 3.05) is 40.3 Å². The van der Waals surface area contributed by atoms with Crippen molar-refractivity contribution in [3.63, 3.8) is 0 Å². The van der Waals surface area contributed by atoms with Crippen LogP contribution in [0.5, 0.6) is 0 Å². The van der Waals surface area contributed by atoms with Gasteiger partial charge in [-0.3, -0.25) is 4.79 Å². The summed E-state index contributed by atoms with van der Waals surface area (Å²) < 4.78 is 29.1. The Morgan fingerprint density at radius 3 is 2.23 bits per heavy atom. The van der Waals surface area contributed by atoms with E-state index in [1.165, 1.54) is 22.7 Å². The fourth-order valence-electron chi connectivity index (χ4n) is 3.70.